The van der Waals surface area contributed by atoms with Gasteiger partial charge in [-0.25, -0.2) is 4.98 Å². The highest BCUT2D eigenvalue weighted by Gasteiger charge is 2.14. The second kappa shape index (κ2) is 6.13. The first kappa shape index (κ1) is 14.6. The van der Waals surface area contributed by atoms with Gasteiger partial charge in [-0.2, -0.15) is 0 Å². The number of hydrogen-bond acceptors (Lipinski definition) is 4. The number of anilines is 1. The molecule has 0 radical (unpaired) electrons. The highest BCUT2D eigenvalue weighted by molar-refractivity contribution is 9.11. The van der Waals surface area contributed by atoms with Crippen LogP contribution in [0.5, 0.6) is 0 Å². The number of thiazole rings is 1. The van der Waals surface area contributed by atoms with Crippen LogP contribution in [0, 0.1) is 0 Å². The third kappa shape index (κ3) is 3.62. The fourth-order valence-electron chi connectivity index (χ4n) is 1.38. The molecule has 0 spiro atoms. The van der Waals surface area contributed by atoms with Crippen LogP contribution in [0.1, 0.15) is 28.5 Å². The van der Waals surface area contributed by atoms with Crippen LogP contribution in [0.4, 0.5) is 5.69 Å². The molecular formula is C12H11Br2N3OS. The van der Waals surface area contributed by atoms with E-state index in [1.807, 2.05) is 25.1 Å². The largest absolute Gasteiger partial charge is 0.322 e. The molecule has 1 heterocycles. The Morgan fingerprint density at radius 2 is 2.21 bits per heavy atom. The highest BCUT2D eigenvalue weighted by Crippen LogP contribution is 2.27. The maximum Gasteiger partial charge on any atom is 0.275 e. The molecule has 1 amide bonds. The summed E-state index contributed by atoms with van der Waals surface area (Å²) in [6.45, 7) is 1.84. The maximum absolute atomic E-state index is 12.1. The topological polar surface area (TPSA) is 68.0 Å². The molecule has 0 aliphatic carbocycles. The van der Waals surface area contributed by atoms with Crippen molar-refractivity contribution in [3.63, 3.8) is 0 Å². The average Bonchev–Trinajstić information content (AvgIpc) is 2.83. The third-order valence-electron chi connectivity index (χ3n) is 2.32. The van der Waals surface area contributed by atoms with Gasteiger partial charge in [-0.15, -0.1) is 11.3 Å². The van der Waals surface area contributed by atoms with E-state index in [1.54, 1.807) is 5.38 Å². The summed E-state index contributed by atoms with van der Waals surface area (Å²) in [5, 5.41) is 5.26. The van der Waals surface area contributed by atoms with Crippen LogP contribution < -0.4 is 11.1 Å². The van der Waals surface area contributed by atoms with E-state index in [0.29, 0.717) is 11.4 Å². The van der Waals surface area contributed by atoms with E-state index in [4.69, 9.17) is 5.73 Å². The third-order valence-corrected chi connectivity index (χ3v) is 4.55. The number of hydrogen-bond donors (Lipinski definition) is 2. The Balaban J connectivity index is 2.18. The summed E-state index contributed by atoms with van der Waals surface area (Å²) in [5.74, 6) is -0.248. The van der Waals surface area contributed by atoms with Gasteiger partial charge < -0.3 is 11.1 Å². The Kier molecular flexibility index (Phi) is 4.72. The normalized spacial score (nSPS) is 12.2. The van der Waals surface area contributed by atoms with Crippen LogP contribution in [0.2, 0.25) is 0 Å². The number of amides is 1. The monoisotopic (exact) mass is 403 g/mol. The Labute approximate surface area is 131 Å². The Morgan fingerprint density at radius 1 is 1.47 bits per heavy atom. The van der Waals surface area contributed by atoms with Gasteiger partial charge in [0.25, 0.3) is 5.91 Å². The predicted molar refractivity (Wildman–Crippen MR) is 84.5 cm³/mol. The van der Waals surface area contributed by atoms with Gasteiger partial charge in [-0.3, -0.25) is 4.79 Å². The second-order valence-electron chi connectivity index (χ2n) is 3.94. The Hall–Kier alpha value is -0.760. The van der Waals surface area contributed by atoms with Gasteiger partial charge >= 0.3 is 0 Å². The van der Waals surface area contributed by atoms with E-state index in [1.165, 1.54) is 11.3 Å². The van der Waals surface area contributed by atoms with Crippen LogP contribution in [0.25, 0.3) is 0 Å². The van der Waals surface area contributed by atoms with Gasteiger partial charge in [0, 0.05) is 14.3 Å². The number of nitrogens with two attached hydrogens (primary N) is 1. The Bertz CT molecular complexity index is 613. The summed E-state index contributed by atoms with van der Waals surface area (Å²) in [6, 6.07) is 5.40. The first-order chi connectivity index (χ1) is 8.97. The van der Waals surface area contributed by atoms with Gasteiger partial charge in [0.1, 0.15) is 10.7 Å². The molecular weight excluding hydrogens is 394 g/mol. The molecule has 1 atom stereocenters. The van der Waals surface area contributed by atoms with Crippen molar-refractivity contribution in [2.24, 2.45) is 5.73 Å². The highest BCUT2D eigenvalue weighted by atomic mass is 79.9. The minimum absolute atomic E-state index is 0.163. The van der Waals surface area contributed by atoms with Crippen LogP contribution in [0.3, 0.4) is 0 Å². The smallest absolute Gasteiger partial charge is 0.275 e. The first-order valence-corrected chi connectivity index (χ1v) is 7.91. The number of nitrogens with one attached hydrogen (secondary N) is 1. The van der Waals surface area contributed by atoms with Gasteiger partial charge in [-0.05, 0) is 41.1 Å². The van der Waals surface area contributed by atoms with Gasteiger partial charge in [-0.1, -0.05) is 15.9 Å². The zero-order chi connectivity index (χ0) is 14.0. The number of carbonyl (C=O) groups is 1. The molecule has 0 bridgehead atoms. The quantitative estimate of drug-likeness (QED) is 0.813. The van der Waals surface area contributed by atoms with E-state index in [-0.39, 0.29) is 11.9 Å². The summed E-state index contributed by atoms with van der Waals surface area (Å²) < 4.78 is 1.70. The molecule has 1 aromatic heterocycles. The number of nitrogens with zero attached hydrogens (tertiary/aromatic N) is 1. The fraction of sp³-hybridized carbons (Fsp3) is 0.167. The molecule has 3 N–H and O–H groups in total. The van der Waals surface area contributed by atoms with Crippen molar-refractivity contribution in [1.82, 2.24) is 4.98 Å². The van der Waals surface area contributed by atoms with Gasteiger partial charge in [0.05, 0.1) is 11.7 Å². The second-order valence-corrected chi connectivity index (χ2v) is 6.60. The van der Waals surface area contributed by atoms with Crippen molar-refractivity contribution in [3.8, 4) is 0 Å². The van der Waals surface area contributed by atoms with Crippen molar-refractivity contribution < 1.29 is 4.79 Å². The molecule has 2 aromatic rings. The summed E-state index contributed by atoms with van der Waals surface area (Å²) >= 11 is 8.14. The average molecular weight is 405 g/mol. The van der Waals surface area contributed by atoms with E-state index in [0.717, 1.165) is 14.0 Å². The molecule has 7 heteroatoms. The van der Waals surface area contributed by atoms with Crippen molar-refractivity contribution in [2.45, 2.75) is 13.0 Å². The number of rotatable bonds is 3. The lowest BCUT2D eigenvalue weighted by molar-refractivity contribution is 0.102. The standard InChI is InChI=1S/C12H11Br2N3OS/c1-6(15)12-17-10(5-19-12)11(18)16-9-4-7(13)2-3-8(9)14/h2-6H,15H2,1H3,(H,16,18). The van der Waals surface area contributed by atoms with Gasteiger partial charge in [0.15, 0.2) is 0 Å². The van der Waals surface area contributed by atoms with E-state index < -0.39 is 0 Å². The summed E-state index contributed by atoms with van der Waals surface area (Å²) in [6.07, 6.45) is 0. The van der Waals surface area contributed by atoms with Crippen LogP contribution >= 0.6 is 43.2 Å². The maximum atomic E-state index is 12.1. The van der Waals surface area contributed by atoms with Crippen LogP contribution in [-0.2, 0) is 0 Å². The van der Waals surface area contributed by atoms with Crippen LogP contribution in [-0.4, -0.2) is 10.9 Å². The lowest BCUT2D eigenvalue weighted by Gasteiger charge is -2.06. The Morgan fingerprint density at radius 3 is 2.84 bits per heavy atom. The minimum Gasteiger partial charge on any atom is -0.322 e. The predicted octanol–water partition coefficient (Wildman–Crippen LogP) is 3.94. The molecule has 19 heavy (non-hydrogen) atoms. The number of halogens is 2. The molecule has 0 aliphatic heterocycles. The van der Waals surface area contributed by atoms with E-state index in [9.17, 15) is 4.79 Å². The van der Waals surface area contributed by atoms with Crippen molar-refractivity contribution >= 4 is 54.8 Å². The molecule has 0 saturated heterocycles. The number of benzene rings is 1. The minimum atomic E-state index is -0.248. The zero-order valence-corrected chi connectivity index (χ0v) is 14.0. The zero-order valence-electron chi connectivity index (χ0n) is 9.98. The molecule has 100 valence electrons. The van der Waals surface area contributed by atoms with Crippen molar-refractivity contribution in [2.75, 3.05) is 5.32 Å². The molecule has 0 aliphatic rings. The molecule has 1 aromatic carbocycles. The fourth-order valence-corrected chi connectivity index (χ4v) is 2.85. The molecule has 1 unspecified atom stereocenters. The van der Waals surface area contributed by atoms with E-state index >= 15 is 0 Å². The number of aromatic nitrogens is 1. The summed E-state index contributed by atoms with van der Waals surface area (Å²) in [4.78, 5) is 16.3. The lowest BCUT2D eigenvalue weighted by atomic mass is 10.3. The van der Waals surface area contributed by atoms with Crippen LogP contribution in [0.15, 0.2) is 32.5 Å². The van der Waals surface area contributed by atoms with Crippen molar-refractivity contribution in [1.29, 1.82) is 0 Å². The molecule has 2 rings (SSSR count). The SMILES string of the molecule is CC(N)c1nc(C(=O)Nc2cc(Br)ccc2Br)cs1. The number of carbonyl (C=O) groups excluding carboxylic acids is 1. The van der Waals surface area contributed by atoms with Gasteiger partial charge in [0.2, 0.25) is 0 Å². The van der Waals surface area contributed by atoms with E-state index in [2.05, 4.69) is 42.2 Å². The molecule has 4 nitrogen and oxygen atoms in total. The first-order valence-electron chi connectivity index (χ1n) is 5.45. The van der Waals surface area contributed by atoms with Crippen molar-refractivity contribution in [3.05, 3.63) is 43.2 Å². The summed E-state index contributed by atoms with van der Waals surface area (Å²) in [7, 11) is 0. The molecule has 0 saturated carbocycles. The lowest BCUT2D eigenvalue weighted by Crippen LogP contribution is -2.13. The molecule has 0 fully saturated rings. The summed E-state index contributed by atoms with van der Waals surface area (Å²) in [5.41, 5.74) is 6.79.